The fraction of sp³-hybridized carbons (Fsp3) is 0.538. The van der Waals surface area contributed by atoms with E-state index in [4.69, 9.17) is 0 Å². The molecule has 2 bridgehead atoms. The zero-order chi connectivity index (χ0) is 11.3. The Morgan fingerprint density at radius 2 is 2.06 bits per heavy atom. The number of hydrogen-bond donors (Lipinski definition) is 0. The molecule has 3 rings (SSSR count). The number of nitrogens with zero attached hydrogens (tertiary/aromatic N) is 2. The summed E-state index contributed by atoms with van der Waals surface area (Å²) >= 11 is 2.39. The van der Waals surface area contributed by atoms with Gasteiger partial charge in [-0.3, -0.25) is 4.90 Å². The van der Waals surface area contributed by atoms with Crippen LogP contribution in [0.2, 0.25) is 0 Å². The predicted molar refractivity (Wildman–Crippen MR) is 76.1 cm³/mol. The third-order valence-corrected chi connectivity index (χ3v) is 4.65. The van der Waals surface area contributed by atoms with E-state index >= 15 is 0 Å². The van der Waals surface area contributed by atoms with Crippen LogP contribution in [0.5, 0.6) is 0 Å². The lowest BCUT2D eigenvalue weighted by atomic mass is 10.1. The lowest BCUT2D eigenvalue weighted by molar-refractivity contribution is 0.292. The number of halogens is 1. The Balaban J connectivity index is 1.89. The minimum absolute atomic E-state index is 0.744. The highest BCUT2D eigenvalue weighted by molar-refractivity contribution is 14.1. The molecule has 0 unspecified atom stereocenters. The molecule has 0 saturated carbocycles. The van der Waals surface area contributed by atoms with Gasteiger partial charge in [-0.15, -0.1) is 0 Å². The van der Waals surface area contributed by atoms with E-state index in [1.165, 1.54) is 34.3 Å². The molecule has 2 fully saturated rings. The Morgan fingerprint density at radius 3 is 2.62 bits per heavy atom. The number of rotatable bonds is 1. The molecule has 0 spiro atoms. The van der Waals surface area contributed by atoms with Gasteiger partial charge in [0.1, 0.15) is 0 Å². The van der Waals surface area contributed by atoms with Crippen LogP contribution >= 0.6 is 22.6 Å². The molecule has 0 radical (unpaired) electrons. The minimum Gasteiger partial charge on any atom is -0.365 e. The Hall–Kier alpha value is -0.290. The number of likely N-dealkylation sites (N-methyl/N-ethyl adjacent to an activating group) is 1. The summed E-state index contributed by atoms with van der Waals surface area (Å²) < 4.78 is 1.33. The lowest BCUT2D eigenvalue weighted by Gasteiger charge is -2.34. The van der Waals surface area contributed by atoms with Gasteiger partial charge in [0.25, 0.3) is 0 Å². The normalized spacial score (nSPS) is 29.1. The fourth-order valence-electron chi connectivity index (χ4n) is 3.10. The van der Waals surface area contributed by atoms with Crippen molar-refractivity contribution in [3.8, 4) is 0 Å². The molecule has 2 nitrogen and oxygen atoms in total. The highest BCUT2D eigenvalue weighted by Crippen LogP contribution is 2.35. The van der Waals surface area contributed by atoms with E-state index in [2.05, 4.69) is 64.6 Å². The molecule has 2 aliphatic rings. The average molecular weight is 328 g/mol. The summed E-state index contributed by atoms with van der Waals surface area (Å²) in [6.07, 6.45) is 1.35. The SMILES string of the molecule is Cc1cc(I)ccc1N1C[C@@H]2C[C@H]1CN2C. The van der Waals surface area contributed by atoms with Crippen molar-refractivity contribution in [2.24, 2.45) is 0 Å². The number of hydrogen-bond acceptors (Lipinski definition) is 2. The molecule has 2 atom stereocenters. The molecule has 2 aliphatic heterocycles. The van der Waals surface area contributed by atoms with E-state index in [1.54, 1.807) is 0 Å². The van der Waals surface area contributed by atoms with E-state index in [9.17, 15) is 0 Å². The molecular formula is C13H17IN2. The van der Waals surface area contributed by atoms with E-state index in [0.29, 0.717) is 0 Å². The first-order valence-corrected chi connectivity index (χ1v) is 6.96. The molecule has 1 aromatic rings. The van der Waals surface area contributed by atoms with Gasteiger partial charge in [0.05, 0.1) is 0 Å². The first-order valence-electron chi connectivity index (χ1n) is 5.88. The molecule has 0 aromatic heterocycles. The van der Waals surface area contributed by atoms with Crippen molar-refractivity contribution in [1.82, 2.24) is 4.90 Å². The van der Waals surface area contributed by atoms with E-state index in [0.717, 1.165) is 12.1 Å². The van der Waals surface area contributed by atoms with Crippen LogP contribution in [0.15, 0.2) is 18.2 Å². The zero-order valence-electron chi connectivity index (χ0n) is 9.78. The smallest absolute Gasteiger partial charge is 0.0433 e. The first-order chi connectivity index (χ1) is 7.65. The average Bonchev–Trinajstić information content (AvgIpc) is 2.76. The van der Waals surface area contributed by atoms with Crippen LogP contribution in [0.3, 0.4) is 0 Å². The Kier molecular flexibility index (Phi) is 2.63. The molecule has 3 heteroatoms. The number of piperazine rings is 1. The van der Waals surface area contributed by atoms with E-state index < -0.39 is 0 Å². The minimum atomic E-state index is 0.744. The number of aryl methyl sites for hydroxylation is 1. The van der Waals surface area contributed by atoms with Gasteiger partial charge in [-0.05, 0) is 66.7 Å². The van der Waals surface area contributed by atoms with Crippen LogP contribution in [0.1, 0.15) is 12.0 Å². The molecule has 16 heavy (non-hydrogen) atoms. The van der Waals surface area contributed by atoms with Crippen LogP contribution in [-0.2, 0) is 0 Å². The Labute approximate surface area is 111 Å². The van der Waals surface area contributed by atoms with Crippen molar-refractivity contribution >= 4 is 28.3 Å². The van der Waals surface area contributed by atoms with E-state index in [-0.39, 0.29) is 0 Å². The summed E-state index contributed by atoms with van der Waals surface area (Å²) in [4.78, 5) is 5.11. The monoisotopic (exact) mass is 328 g/mol. The van der Waals surface area contributed by atoms with Crippen molar-refractivity contribution in [3.63, 3.8) is 0 Å². The van der Waals surface area contributed by atoms with E-state index in [1.807, 2.05) is 0 Å². The maximum absolute atomic E-state index is 2.61. The molecule has 1 aromatic carbocycles. The third-order valence-electron chi connectivity index (χ3n) is 3.98. The van der Waals surface area contributed by atoms with Crippen LogP contribution < -0.4 is 4.90 Å². The van der Waals surface area contributed by atoms with Gasteiger partial charge in [-0.2, -0.15) is 0 Å². The summed E-state index contributed by atoms with van der Waals surface area (Å²) in [5, 5.41) is 0. The highest BCUT2D eigenvalue weighted by Gasteiger charge is 2.41. The second-order valence-electron chi connectivity index (χ2n) is 5.07. The van der Waals surface area contributed by atoms with Crippen molar-refractivity contribution in [1.29, 1.82) is 0 Å². The molecule has 0 N–H and O–H groups in total. The van der Waals surface area contributed by atoms with Crippen LogP contribution in [0, 0.1) is 10.5 Å². The summed E-state index contributed by atoms with van der Waals surface area (Å²) in [6, 6.07) is 8.32. The molecule has 86 valence electrons. The zero-order valence-corrected chi connectivity index (χ0v) is 11.9. The fourth-order valence-corrected chi connectivity index (χ4v) is 3.75. The maximum atomic E-state index is 2.61. The maximum Gasteiger partial charge on any atom is 0.0433 e. The number of likely N-dealkylation sites (tertiary alicyclic amines) is 1. The molecule has 0 amide bonds. The second-order valence-corrected chi connectivity index (χ2v) is 6.31. The number of benzene rings is 1. The number of fused-ring (bicyclic) bond motifs is 2. The summed E-state index contributed by atoms with van der Waals surface area (Å²) in [7, 11) is 2.25. The van der Waals surface area contributed by atoms with Crippen molar-refractivity contribution in [2.75, 3.05) is 25.0 Å². The summed E-state index contributed by atoms with van der Waals surface area (Å²) in [6.45, 7) is 4.67. The van der Waals surface area contributed by atoms with Crippen molar-refractivity contribution in [3.05, 3.63) is 27.3 Å². The second kappa shape index (κ2) is 3.88. The molecule has 2 saturated heterocycles. The van der Waals surface area contributed by atoms with Crippen molar-refractivity contribution < 1.29 is 0 Å². The Bertz CT molecular complexity index is 416. The lowest BCUT2D eigenvalue weighted by Crippen LogP contribution is -2.44. The summed E-state index contributed by atoms with van der Waals surface area (Å²) in [5.74, 6) is 0. The number of anilines is 1. The van der Waals surface area contributed by atoms with Crippen LogP contribution in [-0.4, -0.2) is 37.1 Å². The topological polar surface area (TPSA) is 6.48 Å². The van der Waals surface area contributed by atoms with Gasteiger partial charge in [0, 0.05) is 34.4 Å². The van der Waals surface area contributed by atoms with Crippen LogP contribution in [0.4, 0.5) is 5.69 Å². The largest absolute Gasteiger partial charge is 0.365 e. The summed E-state index contributed by atoms with van der Waals surface area (Å²) in [5.41, 5.74) is 2.86. The van der Waals surface area contributed by atoms with Gasteiger partial charge in [0.2, 0.25) is 0 Å². The van der Waals surface area contributed by atoms with Gasteiger partial charge in [-0.25, -0.2) is 0 Å². The van der Waals surface area contributed by atoms with Gasteiger partial charge >= 0.3 is 0 Å². The molecular weight excluding hydrogens is 311 g/mol. The standard InChI is InChI=1S/C13H17IN2/c1-9-5-10(14)3-4-13(9)16-8-11-6-12(16)7-15(11)2/h3-5,11-12H,6-8H2,1-2H3/t11-,12-/m0/s1. The third kappa shape index (κ3) is 1.64. The first kappa shape index (κ1) is 10.8. The van der Waals surface area contributed by atoms with Gasteiger partial charge < -0.3 is 4.90 Å². The quantitative estimate of drug-likeness (QED) is 0.731. The Morgan fingerprint density at radius 1 is 1.25 bits per heavy atom. The highest BCUT2D eigenvalue weighted by atomic mass is 127. The molecule has 0 aliphatic carbocycles. The predicted octanol–water partition coefficient (Wildman–Crippen LogP) is 2.49. The van der Waals surface area contributed by atoms with Crippen molar-refractivity contribution in [2.45, 2.75) is 25.4 Å². The molecule has 2 heterocycles. The van der Waals surface area contributed by atoms with Crippen LogP contribution in [0.25, 0.3) is 0 Å². The van der Waals surface area contributed by atoms with Gasteiger partial charge in [-0.1, -0.05) is 0 Å². The van der Waals surface area contributed by atoms with Gasteiger partial charge in [0.15, 0.2) is 0 Å².